The summed E-state index contributed by atoms with van der Waals surface area (Å²) in [5.41, 5.74) is 1.69. The number of benzene rings is 1. The fraction of sp³-hybridized carbons (Fsp3) is 0.250. The average molecular weight is 525 g/mol. The van der Waals surface area contributed by atoms with E-state index in [1.165, 1.54) is 11.1 Å². The molecule has 0 aliphatic heterocycles. The number of aryl methyl sites for hydroxylation is 1. The number of nitrogens with one attached hydrogen (secondary N) is 3. The number of carbonyl (C=O) groups excluding carboxylic acids is 1. The Bertz CT molecular complexity index is 940. The van der Waals surface area contributed by atoms with Gasteiger partial charge in [0.25, 0.3) is 5.91 Å². The Labute approximate surface area is 191 Å². The number of aromatic nitrogens is 1. The Kier molecular flexibility index (Phi) is 9.13. The number of nitrogens with zero attached hydrogens (tertiary/aromatic N) is 2. The highest BCUT2D eigenvalue weighted by molar-refractivity contribution is 14.0. The van der Waals surface area contributed by atoms with Crippen molar-refractivity contribution < 1.29 is 9.21 Å². The Hall–Kier alpha value is -2.40. The summed E-state index contributed by atoms with van der Waals surface area (Å²) in [7, 11) is 0. The van der Waals surface area contributed by atoms with Crippen LogP contribution in [0, 0.1) is 6.92 Å². The molecular formula is C20H24IN5O2S. The van der Waals surface area contributed by atoms with Gasteiger partial charge in [-0.1, -0.05) is 12.1 Å². The fourth-order valence-corrected chi connectivity index (χ4v) is 3.23. The number of hydrogen-bond donors (Lipinski definition) is 3. The quantitative estimate of drug-likeness (QED) is 0.245. The van der Waals surface area contributed by atoms with Gasteiger partial charge in [-0.15, -0.1) is 35.3 Å². The van der Waals surface area contributed by atoms with Gasteiger partial charge in [0.15, 0.2) is 11.7 Å². The first-order valence-corrected chi connectivity index (χ1v) is 9.83. The lowest BCUT2D eigenvalue weighted by Crippen LogP contribution is -2.36. The number of rotatable bonds is 7. The van der Waals surface area contributed by atoms with Crippen molar-refractivity contribution in [3.63, 3.8) is 0 Å². The number of carbonyl (C=O) groups is 1. The van der Waals surface area contributed by atoms with Crippen LogP contribution >= 0.6 is 35.3 Å². The SMILES string of the molecule is CCNC(=NCc1cccc(NC(=O)c2ccco2)c1)NCc1ncc(C)s1.I. The second-order valence-corrected chi connectivity index (χ2v) is 7.36. The maximum Gasteiger partial charge on any atom is 0.291 e. The van der Waals surface area contributed by atoms with Gasteiger partial charge in [0.1, 0.15) is 5.01 Å². The second kappa shape index (κ2) is 11.6. The van der Waals surface area contributed by atoms with Gasteiger partial charge in [0, 0.05) is 23.3 Å². The van der Waals surface area contributed by atoms with Gasteiger partial charge < -0.3 is 20.4 Å². The zero-order chi connectivity index (χ0) is 19.8. The summed E-state index contributed by atoms with van der Waals surface area (Å²) in [4.78, 5) is 22.3. The molecule has 0 saturated carbocycles. The summed E-state index contributed by atoms with van der Waals surface area (Å²) < 4.78 is 5.11. The summed E-state index contributed by atoms with van der Waals surface area (Å²) in [6.07, 6.45) is 3.34. The normalized spacial score (nSPS) is 10.9. The smallest absolute Gasteiger partial charge is 0.291 e. The van der Waals surface area contributed by atoms with Crippen molar-refractivity contribution in [2.75, 3.05) is 11.9 Å². The van der Waals surface area contributed by atoms with Gasteiger partial charge >= 0.3 is 0 Å². The molecule has 0 radical (unpaired) electrons. The maximum atomic E-state index is 12.1. The Morgan fingerprint density at radius 1 is 1.24 bits per heavy atom. The highest BCUT2D eigenvalue weighted by atomic mass is 127. The highest BCUT2D eigenvalue weighted by Crippen LogP contribution is 2.14. The van der Waals surface area contributed by atoms with Gasteiger partial charge in [-0.3, -0.25) is 4.79 Å². The zero-order valence-corrected chi connectivity index (χ0v) is 19.4. The first-order valence-electron chi connectivity index (χ1n) is 9.01. The number of aliphatic imine (C=N–C) groups is 1. The van der Waals surface area contributed by atoms with Crippen molar-refractivity contribution in [2.24, 2.45) is 4.99 Å². The van der Waals surface area contributed by atoms with Crippen molar-refractivity contribution in [3.8, 4) is 0 Å². The van der Waals surface area contributed by atoms with Crippen LogP contribution in [0.25, 0.3) is 0 Å². The second-order valence-electron chi connectivity index (χ2n) is 6.05. The Balaban J connectivity index is 0.00000300. The lowest BCUT2D eigenvalue weighted by Gasteiger charge is -2.10. The van der Waals surface area contributed by atoms with Gasteiger partial charge in [0.2, 0.25) is 0 Å². The molecule has 0 saturated heterocycles. The van der Waals surface area contributed by atoms with E-state index in [0.717, 1.165) is 23.1 Å². The number of anilines is 1. The van der Waals surface area contributed by atoms with Crippen molar-refractivity contribution in [3.05, 3.63) is 70.1 Å². The van der Waals surface area contributed by atoms with E-state index in [4.69, 9.17) is 4.42 Å². The topological polar surface area (TPSA) is 91.5 Å². The highest BCUT2D eigenvalue weighted by Gasteiger charge is 2.09. The molecule has 0 unspecified atom stereocenters. The molecule has 7 nitrogen and oxygen atoms in total. The molecule has 154 valence electrons. The van der Waals surface area contributed by atoms with Gasteiger partial charge in [0.05, 0.1) is 19.4 Å². The van der Waals surface area contributed by atoms with E-state index >= 15 is 0 Å². The summed E-state index contributed by atoms with van der Waals surface area (Å²) in [6.45, 7) is 5.94. The molecule has 0 atom stereocenters. The number of thiazole rings is 1. The van der Waals surface area contributed by atoms with Crippen LogP contribution in [0.5, 0.6) is 0 Å². The molecule has 3 aromatic rings. The van der Waals surface area contributed by atoms with Crippen LogP contribution in [-0.4, -0.2) is 23.4 Å². The largest absolute Gasteiger partial charge is 0.459 e. The van der Waals surface area contributed by atoms with Gasteiger partial charge in [-0.05, 0) is 43.7 Å². The maximum absolute atomic E-state index is 12.1. The Morgan fingerprint density at radius 3 is 2.79 bits per heavy atom. The average Bonchev–Trinajstić information content (AvgIpc) is 3.36. The third-order valence-electron chi connectivity index (χ3n) is 3.77. The van der Waals surface area contributed by atoms with Gasteiger partial charge in [-0.2, -0.15) is 0 Å². The van der Waals surface area contributed by atoms with Crippen LogP contribution in [0.1, 0.15) is 32.9 Å². The molecule has 0 aliphatic carbocycles. The predicted molar refractivity (Wildman–Crippen MR) is 127 cm³/mol. The molecular weight excluding hydrogens is 501 g/mol. The number of amides is 1. The van der Waals surface area contributed by atoms with Crippen LogP contribution in [0.4, 0.5) is 5.69 Å². The van der Waals surface area contributed by atoms with Crippen LogP contribution in [0.15, 0.2) is 58.3 Å². The molecule has 9 heteroatoms. The number of halogens is 1. The Morgan fingerprint density at radius 2 is 2.10 bits per heavy atom. The summed E-state index contributed by atoms with van der Waals surface area (Å²) in [5, 5.41) is 10.4. The molecule has 1 amide bonds. The molecule has 0 spiro atoms. The van der Waals surface area contributed by atoms with E-state index in [-0.39, 0.29) is 35.6 Å². The molecule has 29 heavy (non-hydrogen) atoms. The third kappa shape index (κ3) is 7.17. The summed E-state index contributed by atoms with van der Waals surface area (Å²) in [6, 6.07) is 10.9. The lowest BCUT2D eigenvalue weighted by atomic mass is 10.2. The zero-order valence-electron chi connectivity index (χ0n) is 16.3. The minimum Gasteiger partial charge on any atom is -0.459 e. The molecule has 2 heterocycles. The van der Waals surface area contributed by atoms with E-state index in [1.54, 1.807) is 23.5 Å². The van der Waals surface area contributed by atoms with Crippen molar-refractivity contribution >= 4 is 52.9 Å². The minimum atomic E-state index is -0.278. The molecule has 3 N–H and O–H groups in total. The van der Waals surface area contributed by atoms with Crippen LogP contribution in [0.3, 0.4) is 0 Å². The molecule has 0 aliphatic rings. The molecule has 3 rings (SSSR count). The minimum absolute atomic E-state index is 0. The van der Waals surface area contributed by atoms with E-state index in [9.17, 15) is 4.79 Å². The molecule has 1 aromatic carbocycles. The van der Waals surface area contributed by atoms with Crippen molar-refractivity contribution in [1.29, 1.82) is 0 Å². The van der Waals surface area contributed by atoms with E-state index in [0.29, 0.717) is 18.8 Å². The van der Waals surface area contributed by atoms with Crippen LogP contribution < -0.4 is 16.0 Å². The predicted octanol–water partition coefficient (Wildman–Crippen LogP) is 4.17. The van der Waals surface area contributed by atoms with Crippen LogP contribution in [0.2, 0.25) is 0 Å². The molecule has 0 fully saturated rings. The van der Waals surface area contributed by atoms with Crippen LogP contribution in [-0.2, 0) is 13.1 Å². The van der Waals surface area contributed by atoms with Crippen molar-refractivity contribution in [2.45, 2.75) is 26.9 Å². The van der Waals surface area contributed by atoms with E-state index in [1.807, 2.05) is 44.3 Å². The van der Waals surface area contributed by atoms with Gasteiger partial charge in [-0.25, -0.2) is 9.98 Å². The number of guanidine groups is 1. The number of hydrogen-bond acceptors (Lipinski definition) is 5. The number of furan rings is 1. The van der Waals surface area contributed by atoms with Crippen molar-refractivity contribution in [1.82, 2.24) is 15.6 Å². The fourth-order valence-electron chi connectivity index (χ4n) is 2.50. The van der Waals surface area contributed by atoms with E-state index in [2.05, 4.69) is 25.9 Å². The van der Waals surface area contributed by atoms with E-state index < -0.39 is 0 Å². The molecule has 0 bridgehead atoms. The summed E-state index contributed by atoms with van der Waals surface area (Å²) in [5.74, 6) is 0.722. The third-order valence-corrected chi connectivity index (χ3v) is 4.68. The first-order chi connectivity index (χ1) is 13.6. The first kappa shape index (κ1) is 22.9. The molecule has 2 aromatic heterocycles. The summed E-state index contributed by atoms with van der Waals surface area (Å²) >= 11 is 1.66. The lowest BCUT2D eigenvalue weighted by molar-refractivity contribution is 0.0996. The monoisotopic (exact) mass is 525 g/mol. The standard InChI is InChI=1S/C20H23N5O2S.HI/c1-3-21-20(24-13-18-22-11-14(2)28-18)23-12-15-6-4-7-16(10-15)25-19(26)17-8-5-9-27-17;/h4-11H,3,12-13H2,1-2H3,(H,25,26)(H2,21,23,24);1H.